The SMILES string of the molecule is CCCc1c(NN)ncnc1NCCNC(=O)C1CC1. The largest absolute Gasteiger partial charge is 0.368 e. The first-order valence-corrected chi connectivity index (χ1v) is 7.08. The molecule has 7 heteroatoms. The predicted octanol–water partition coefficient (Wildman–Crippen LogP) is 0.653. The predicted molar refractivity (Wildman–Crippen MR) is 78.1 cm³/mol. The zero-order valence-electron chi connectivity index (χ0n) is 11.8. The molecule has 1 heterocycles. The molecule has 1 aromatic rings. The van der Waals surface area contributed by atoms with Gasteiger partial charge in [-0.1, -0.05) is 13.3 Å². The molecule has 2 rings (SSSR count). The molecule has 0 radical (unpaired) electrons. The summed E-state index contributed by atoms with van der Waals surface area (Å²) in [4.78, 5) is 19.8. The highest BCUT2D eigenvalue weighted by Crippen LogP contribution is 2.28. The molecule has 110 valence electrons. The zero-order chi connectivity index (χ0) is 14.4. The Bertz CT molecular complexity index is 460. The Balaban J connectivity index is 1.85. The fourth-order valence-electron chi connectivity index (χ4n) is 2.03. The van der Waals surface area contributed by atoms with E-state index in [9.17, 15) is 4.79 Å². The number of rotatable bonds is 8. The average molecular weight is 278 g/mol. The van der Waals surface area contributed by atoms with Crippen molar-refractivity contribution in [2.45, 2.75) is 32.6 Å². The summed E-state index contributed by atoms with van der Waals surface area (Å²) in [6.45, 7) is 3.32. The first kappa shape index (κ1) is 14.5. The molecule has 0 atom stereocenters. The van der Waals surface area contributed by atoms with Gasteiger partial charge in [0.1, 0.15) is 18.0 Å². The third-order valence-corrected chi connectivity index (χ3v) is 3.25. The summed E-state index contributed by atoms with van der Waals surface area (Å²) in [6.07, 6.45) is 5.35. The number of hydrogen-bond acceptors (Lipinski definition) is 6. The molecule has 1 aromatic heterocycles. The van der Waals surface area contributed by atoms with Crippen molar-refractivity contribution in [1.29, 1.82) is 0 Å². The number of nitrogen functional groups attached to an aromatic ring is 1. The zero-order valence-corrected chi connectivity index (χ0v) is 11.8. The highest BCUT2D eigenvalue weighted by Gasteiger charge is 2.28. The highest BCUT2D eigenvalue weighted by molar-refractivity contribution is 5.80. The lowest BCUT2D eigenvalue weighted by Crippen LogP contribution is -2.30. The molecule has 7 nitrogen and oxygen atoms in total. The molecule has 0 unspecified atom stereocenters. The molecule has 1 saturated carbocycles. The maximum atomic E-state index is 11.5. The number of nitrogens with zero attached hydrogens (tertiary/aromatic N) is 2. The van der Waals surface area contributed by atoms with Crippen LogP contribution in [0.3, 0.4) is 0 Å². The molecule has 1 fully saturated rings. The van der Waals surface area contributed by atoms with Crippen LogP contribution in [0.15, 0.2) is 6.33 Å². The van der Waals surface area contributed by atoms with Crippen LogP contribution < -0.4 is 21.9 Å². The van der Waals surface area contributed by atoms with Crippen LogP contribution in [0.25, 0.3) is 0 Å². The van der Waals surface area contributed by atoms with E-state index < -0.39 is 0 Å². The smallest absolute Gasteiger partial charge is 0.223 e. The van der Waals surface area contributed by atoms with Crippen LogP contribution in [0.4, 0.5) is 11.6 Å². The van der Waals surface area contributed by atoms with Crippen molar-refractivity contribution in [3.05, 3.63) is 11.9 Å². The topological polar surface area (TPSA) is 105 Å². The molecule has 0 spiro atoms. The minimum atomic E-state index is 0.160. The summed E-state index contributed by atoms with van der Waals surface area (Å²) in [7, 11) is 0. The third-order valence-electron chi connectivity index (χ3n) is 3.25. The van der Waals surface area contributed by atoms with Crippen LogP contribution in [-0.2, 0) is 11.2 Å². The highest BCUT2D eigenvalue weighted by atomic mass is 16.2. The van der Waals surface area contributed by atoms with Gasteiger partial charge in [-0.2, -0.15) is 0 Å². The monoisotopic (exact) mass is 278 g/mol. The Morgan fingerprint density at radius 1 is 1.35 bits per heavy atom. The summed E-state index contributed by atoms with van der Waals surface area (Å²) in [5.41, 5.74) is 3.57. The molecule has 0 saturated heterocycles. The number of hydrazine groups is 1. The standard InChI is InChI=1S/C13H22N6O/c1-2-3-10-11(17-8-18-12(10)19-14)15-6-7-16-13(20)9-4-5-9/h8-9H,2-7,14H2,1H3,(H,16,20)(H2,15,17,18,19). The van der Waals surface area contributed by atoms with Gasteiger partial charge < -0.3 is 16.1 Å². The van der Waals surface area contributed by atoms with E-state index in [-0.39, 0.29) is 11.8 Å². The molecule has 1 aliphatic rings. The number of amides is 1. The summed E-state index contributed by atoms with van der Waals surface area (Å²) < 4.78 is 0. The van der Waals surface area contributed by atoms with Gasteiger partial charge in [-0.25, -0.2) is 15.8 Å². The number of nitrogens with two attached hydrogens (primary N) is 1. The minimum absolute atomic E-state index is 0.160. The van der Waals surface area contributed by atoms with Gasteiger partial charge in [0, 0.05) is 24.6 Å². The van der Waals surface area contributed by atoms with E-state index >= 15 is 0 Å². The van der Waals surface area contributed by atoms with Crippen molar-refractivity contribution in [2.75, 3.05) is 23.8 Å². The number of nitrogens with one attached hydrogen (secondary N) is 3. The number of aromatic nitrogens is 2. The molecule has 0 aliphatic heterocycles. The second-order valence-electron chi connectivity index (χ2n) is 4.94. The summed E-state index contributed by atoms with van der Waals surface area (Å²) in [6, 6.07) is 0. The fraction of sp³-hybridized carbons (Fsp3) is 0.615. The second kappa shape index (κ2) is 7.04. The quantitative estimate of drug-likeness (QED) is 0.316. The molecule has 0 bridgehead atoms. The summed E-state index contributed by atoms with van der Waals surface area (Å²) >= 11 is 0. The Labute approximate surface area is 118 Å². The molecule has 0 aromatic carbocycles. The van der Waals surface area contributed by atoms with E-state index in [0.717, 1.165) is 37.1 Å². The molecular formula is C13H22N6O. The van der Waals surface area contributed by atoms with Crippen LogP contribution >= 0.6 is 0 Å². The molecular weight excluding hydrogens is 256 g/mol. The Kier molecular flexibility index (Phi) is 5.11. The van der Waals surface area contributed by atoms with Crippen molar-refractivity contribution >= 4 is 17.5 Å². The fourth-order valence-corrected chi connectivity index (χ4v) is 2.03. The number of carbonyl (C=O) groups excluding carboxylic acids is 1. The van der Waals surface area contributed by atoms with Crippen molar-refractivity contribution in [1.82, 2.24) is 15.3 Å². The van der Waals surface area contributed by atoms with E-state index in [0.29, 0.717) is 18.9 Å². The second-order valence-corrected chi connectivity index (χ2v) is 4.94. The first-order chi connectivity index (χ1) is 9.76. The van der Waals surface area contributed by atoms with Gasteiger partial charge in [-0.3, -0.25) is 4.79 Å². The van der Waals surface area contributed by atoms with Gasteiger partial charge in [0.25, 0.3) is 0 Å². The van der Waals surface area contributed by atoms with Gasteiger partial charge in [-0.05, 0) is 19.3 Å². The van der Waals surface area contributed by atoms with Crippen molar-refractivity contribution in [3.8, 4) is 0 Å². The lowest BCUT2D eigenvalue weighted by molar-refractivity contribution is -0.122. The van der Waals surface area contributed by atoms with Gasteiger partial charge >= 0.3 is 0 Å². The van der Waals surface area contributed by atoms with Crippen LogP contribution in [-0.4, -0.2) is 29.0 Å². The lowest BCUT2D eigenvalue weighted by Gasteiger charge is -2.13. The maximum Gasteiger partial charge on any atom is 0.223 e. The first-order valence-electron chi connectivity index (χ1n) is 7.08. The number of hydrogen-bond donors (Lipinski definition) is 4. The van der Waals surface area contributed by atoms with Gasteiger partial charge in [-0.15, -0.1) is 0 Å². The van der Waals surface area contributed by atoms with Crippen LogP contribution in [0, 0.1) is 5.92 Å². The lowest BCUT2D eigenvalue weighted by atomic mass is 10.1. The summed E-state index contributed by atoms with van der Waals surface area (Å²) in [5.74, 6) is 7.29. The van der Waals surface area contributed by atoms with Crippen molar-refractivity contribution < 1.29 is 4.79 Å². The van der Waals surface area contributed by atoms with E-state index in [2.05, 4.69) is 33.0 Å². The molecule has 1 aliphatic carbocycles. The number of anilines is 2. The van der Waals surface area contributed by atoms with Crippen molar-refractivity contribution in [2.24, 2.45) is 11.8 Å². The van der Waals surface area contributed by atoms with E-state index in [4.69, 9.17) is 5.84 Å². The molecule has 20 heavy (non-hydrogen) atoms. The maximum absolute atomic E-state index is 11.5. The Hall–Kier alpha value is -1.89. The van der Waals surface area contributed by atoms with Crippen molar-refractivity contribution in [3.63, 3.8) is 0 Å². The average Bonchev–Trinajstić information content (AvgIpc) is 3.29. The van der Waals surface area contributed by atoms with Gasteiger partial charge in [0.2, 0.25) is 5.91 Å². The van der Waals surface area contributed by atoms with E-state index in [1.165, 1.54) is 6.33 Å². The Morgan fingerprint density at radius 3 is 2.75 bits per heavy atom. The third kappa shape index (κ3) is 3.80. The molecule has 1 amide bonds. The van der Waals surface area contributed by atoms with Crippen LogP contribution in [0.5, 0.6) is 0 Å². The van der Waals surface area contributed by atoms with Crippen LogP contribution in [0.1, 0.15) is 31.7 Å². The summed E-state index contributed by atoms with van der Waals surface area (Å²) in [5, 5.41) is 6.14. The minimum Gasteiger partial charge on any atom is -0.368 e. The van der Waals surface area contributed by atoms with E-state index in [1.807, 2.05) is 0 Å². The van der Waals surface area contributed by atoms with Crippen LogP contribution in [0.2, 0.25) is 0 Å². The molecule has 5 N–H and O–H groups in total. The van der Waals surface area contributed by atoms with Gasteiger partial charge in [0.15, 0.2) is 0 Å². The Morgan fingerprint density at radius 2 is 2.10 bits per heavy atom. The number of carbonyl (C=O) groups is 1. The van der Waals surface area contributed by atoms with Gasteiger partial charge in [0.05, 0.1) is 0 Å². The normalized spacial score (nSPS) is 13.9. The van der Waals surface area contributed by atoms with E-state index in [1.54, 1.807) is 0 Å².